The predicted octanol–water partition coefficient (Wildman–Crippen LogP) is 0.672. The number of sulfonamides is 1. The summed E-state index contributed by atoms with van der Waals surface area (Å²) >= 11 is 0. The van der Waals surface area contributed by atoms with Crippen molar-refractivity contribution in [3.8, 4) is 0 Å². The predicted molar refractivity (Wildman–Crippen MR) is 78.1 cm³/mol. The first kappa shape index (κ1) is 17.7. The van der Waals surface area contributed by atoms with Crippen LogP contribution in [-0.2, 0) is 21.2 Å². The van der Waals surface area contributed by atoms with Gasteiger partial charge in [-0.3, -0.25) is 10.1 Å². The Labute approximate surface area is 140 Å². The molecule has 2 unspecified atom stereocenters. The molecule has 1 saturated carbocycles. The quantitative estimate of drug-likeness (QED) is 0.530. The molecule has 1 aliphatic carbocycles. The van der Waals surface area contributed by atoms with Crippen molar-refractivity contribution in [2.45, 2.75) is 36.1 Å². The van der Waals surface area contributed by atoms with Gasteiger partial charge < -0.3 is 5.32 Å². The normalized spacial score (nSPS) is 26.2. The monoisotopic (exact) mass is 377 g/mol. The van der Waals surface area contributed by atoms with Gasteiger partial charge >= 0.3 is 6.03 Å². The summed E-state index contributed by atoms with van der Waals surface area (Å²) in [5.74, 6) is -6.57. The van der Waals surface area contributed by atoms with Crippen LogP contribution in [0.2, 0.25) is 0 Å². The summed E-state index contributed by atoms with van der Waals surface area (Å²) in [6.45, 7) is 0. The van der Waals surface area contributed by atoms with Crippen LogP contribution in [0.15, 0.2) is 11.0 Å². The molecule has 3 amide bonds. The highest BCUT2D eigenvalue weighted by molar-refractivity contribution is 7.89. The Morgan fingerprint density at radius 3 is 2.44 bits per heavy atom. The van der Waals surface area contributed by atoms with Crippen molar-refractivity contribution >= 4 is 22.0 Å². The van der Waals surface area contributed by atoms with Crippen molar-refractivity contribution in [3.05, 3.63) is 29.1 Å². The zero-order valence-corrected chi connectivity index (χ0v) is 13.6. The van der Waals surface area contributed by atoms with Crippen molar-refractivity contribution in [2.24, 2.45) is 11.1 Å². The zero-order valence-electron chi connectivity index (χ0n) is 12.7. The third-order valence-corrected chi connectivity index (χ3v) is 5.66. The highest BCUT2D eigenvalue weighted by Crippen LogP contribution is 2.40. The van der Waals surface area contributed by atoms with E-state index in [1.165, 1.54) is 0 Å². The second kappa shape index (κ2) is 5.70. The zero-order chi connectivity index (χ0) is 18.6. The second-order valence-electron chi connectivity index (χ2n) is 6.19. The van der Waals surface area contributed by atoms with Gasteiger partial charge in [-0.1, -0.05) is 6.42 Å². The van der Waals surface area contributed by atoms with Gasteiger partial charge in [0, 0.05) is 0 Å². The van der Waals surface area contributed by atoms with Gasteiger partial charge in [0.15, 0.2) is 17.5 Å². The number of hydrogen-bond donors (Lipinski definition) is 3. The van der Waals surface area contributed by atoms with Gasteiger partial charge in [-0.05, 0) is 36.8 Å². The van der Waals surface area contributed by atoms with Crippen molar-refractivity contribution in [2.75, 3.05) is 0 Å². The average Bonchev–Trinajstić information content (AvgIpc) is 3.02. The van der Waals surface area contributed by atoms with Gasteiger partial charge in [0.25, 0.3) is 5.91 Å². The standard InChI is InChI=1S/C14H14F3N3O4S/c15-9-6(5-8(25(18,23)24)10(16)11(9)17)4-7-2-1-3-14(7)12(21)19-13(22)20-14/h5,7H,1-4H2,(H2,18,23,24)(H2,19,20,21,22). The van der Waals surface area contributed by atoms with E-state index in [0.29, 0.717) is 25.3 Å². The topological polar surface area (TPSA) is 118 Å². The summed E-state index contributed by atoms with van der Waals surface area (Å²) in [5.41, 5.74) is -1.70. The van der Waals surface area contributed by atoms with E-state index in [1.807, 2.05) is 0 Å². The lowest BCUT2D eigenvalue weighted by molar-refractivity contribution is -0.125. The Balaban J connectivity index is 2.02. The number of benzene rings is 1. The fourth-order valence-electron chi connectivity index (χ4n) is 3.57. The van der Waals surface area contributed by atoms with Crippen LogP contribution in [0.5, 0.6) is 0 Å². The van der Waals surface area contributed by atoms with Crippen molar-refractivity contribution in [3.63, 3.8) is 0 Å². The first-order chi connectivity index (χ1) is 11.6. The smallest absolute Gasteiger partial charge is 0.322 e. The summed E-state index contributed by atoms with van der Waals surface area (Å²) in [6.07, 6.45) is 1.00. The molecule has 1 aromatic carbocycles. The second-order valence-corrected chi connectivity index (χ2v) is 7.72. The molecule has 2 fully saturated rings. The molecule has 3 rings (SSSR count). The van der Waals surface area contributed by atoms with E-state index in [2.05, 4.69) is 10.6 Å². The fourth-order valence-corrected chi connectivity index (χ4v) is 4.22. The molecule has 0 aromatic heterocycles. The van der Waals surface area contributed by atoms with Crippen LogP contribution in [0, 0.1) is 23.4 Å². The number of imide groups is 1. The molecular formula is C14H14F3N3O4S. The van der Waals surface area contributed by atoms with E-state index in [4.69, 9.17) is 5.14 Å². The van der Waals surface area contributed by atoms with Crippen molar-refractivity contribution < 1.29 is 31.2 Å². The number of carbonyl (C=O) groups is 2. The number of halogens is 3. The third-order valence-electron chi connectivity index (χ3n) is 4.75. The molecule has 4 N–H and O–H groups in total. The molecule has 11 heteroatoms. The number of amides is 3. The molecule has 1 aromatic rings. The lowest BCUT2D eigenvalue weighted by Crippen LogP contribution is -2.50. The minimum Gasteiger partial charge on any atom is -0.323 e. The van der Waals surface area contributed by atoms with E-state index in [1.54, 1.807) is 0 Å². The van der Waals surface area contributed by atoms with Crippen molar-refractivity contribution in [1.29, 1.82) is 0 Å². The van der Waals surface area contributed by atoms with E-state index in [0.717, 1.165) is 0 Å². The van der Waals surface area contributed by atoms with Crippen LogP contribution in [0.4, 0.5) is 18.0 Å². The number of urea groups is 1. The molecular weight excluding hydrogens is 363 g/mol. The van der Waals surface area contributed by atoms with Crippen LogP contribution in [0.3, 0.4) is 0 Å². The molecule has 2 atom stereocenters. The Bertz CT molecular complexity index is 890. The Morgan fingerprint density at radius 2 is 1.88 bits per heavy atom. The minimum absolute atomic E-state index is 0.265. The Morgan fingerprint density at radius 1 is 1.20 bits per heavy atom. The minimum atomic E-state index is -4.61. The summed E-state index contributed by atoms with van der Waals surface area (Å²) in [5, 5.41) is 9.44. The van der Waals surface area contributed by atoms with Gasteiger partial charge in [0.2, 0.25) is 10.0 Å². The molecule has 1 aliphatic heterocycles. The van der Waals surface area contributed by atoms with Crippen LogP contribution in [-0.4, -0.2) is 25.9 Å². The first-order valence-electron chi connectivity index (χ1n) is 7.39. The highest BCUT2D eigenvalue weighted by atomic mass is 32.2. The SMILES string of the molecule is NS(=O)(=O)c1cc(CC2CCCC23NC(=O)NC3=O)c(F)c(F)c1F. The van der Waals surface area contributed by atoms with Gasteiger partial charge in [-0.2, -0.15) is 0 Å². The summed E-state index contributed by atoms with van der Waals surface area (Å²) in [6, 6.07) is -0.0584. The van der Waals surface area contributed by atoms with Crippen LogP contribution in [0.1, 0.15) is 24.8 Å². The summed E-state index contributed by atoms with van der Waals surface area (Å²) in [4.78, 5) is 22.4. The number of primary sulfonamides is 1. The molecule has 0 radical (unpaired) electrons. The van der Waals surface area contributed by atoms with E-state index >= 15 is 0 Å². The maximum atomic E-state index is 14.1. The molecule has 25 heavy (non-hydrogen) atoms. The molecule has 0 bridgehead atoms. The number of nitrogens with one attached hydrogen (secondary N) is 2. The highest BCUT2D eigenvalue weighted by Gasteiger charge is 2.54. The molecule has 1 spiro atoms. The molecule has 1 saturated heterocycles. The van der Waals surface area contributed by atoms with Crippen LogP contribution < -0.4 is 15.8 Å². The largest absolute Gasteiger partial charge is 0.323 e. The van der Waals surface area contributed by atoms with E-state index in [9.17, 15) is 31.2 Å². The van der Waals surface area contributed by atoms with Crippen LogP contribution >= 0.6 is 0 Å². The molecule has 2 aliphatic rings. The summed E-state index contributed by atoms with van der Waals surface area (Å²) < 4.78 is 64.3. The molecule has 1 heterocycles. The van der Waals surface area contributed by atoms with Crippen molar-refractivity contribution in [1.82, 2.24) is 10.6 Å². The Kier molecular flexibility index (Phi) is 4.03. The average molecular weight is 377 g/mol. The van der Waals surface area contributed by atoms with Gasteiger partial charge in [-0.25, -0.2) is 31.5 Å². The summed E-state index contributed by atoms with van der Waals surface area (Å²) in [7, 11) is -4.61. The van der Waals surface area contributed by atoms with E-state index in [-0.39, 0.29) is 6.42 Å². The van der Waals surface area contributed by atoms with Gasteiger partial charge in [0.1, 0.15) is 10.4 Å². The van der Waals surface area contributed by atoms with Crippen LogP contribution in [0.25, 0.3) is 0 Å². The number of nitrogens with two attached hydrogens (primary N) is 1. The van der Waals surface area contributed by atoms with E-state index < -0.39 is 61.3 Å². The first-order valence-corrected chi connectivity index (χ1v) is 8.93. The maximum absolute atomic E-state index is 14.1. The number of rotatable bonds is 3. The van der Waals surface area contributed by atoms with Gasteiger partial charge in [0.05, 0.1) is 0 Å². The Hall–Kier alpha value is -2.14. The molecule has 7 nitrogen and oxygen atoms in total. The third kappa shape index (κ3) is 2.76. The molecule has 136 valence electrons. The fraction of sp³-hybridized carbons (Fsp3) is 0.429. The number of hydrogen-bond acceptors (Lipinski definition) is 4. The lowest BCUT2D eigenvalue weighted by Gasteiger charge is -2.28. The maximum Gasteiger partial charge on any atom is 0.322 e. The number of carbonyl (C=O) groups excluding carboxylic acids is 2. The lowest BCUT2D eigenvalue weighted by atomic mass is 9.82. The van der Waals surface area contributed by atoms with Gasteiger partial charge in [-0.15, -0.1) is 0 Å².